The zero-order valence-corrected chi connectivity index (χ0v) is 13.2. The summed E-state index contributed by atoms with van der Waals surface area (Å²) in [5, 5.41) is 10.2. The summed E-state index contributed by atoms with van der Waals surface area (Å²) < 4.78 is 16.2. The molecule has 23 heavy (non-hydrogen) atoms. The number of hydrogen-bond donors (Lipinski definition) is 1. The highest BCUT2D eigenvalue weighted by molar-refractivity contribution is 6.32. The van der Waals surface area contributed by atoms with Crippen molar-refractivity contribution in [3.05, 3.63) is 47.2 Å². The Labute approximate surface area is 137 Å². The molecule has 1 heterocycles. The van der Waals surface area contributed by atoms with Gasteiger partial charge in [-0.1, -0.05) is 23.7 Å². The number of rotatable bonds is 4. The third-order valence-electron chi connectivity index (χ3n) is 3.54. The first-order valence-electron chi connectivity index (χ1n) is 6.73. The van der Waals surface area contributed by atoms with Crippen molar-refractivity contribution in [2.75, 3.05) is 14.2 Å². The molecule has 1 aromatic heterocycles. The van der Waals surface area contributed by atoms with E-state index in [1.165, 1.54) is 13.2 Å². The van der Waals surface area contributed by atoms with Crippen LogP contribution >= 0.6 is 11.6 Å². The van der Waals surface area contributed by atoms with Crippen LogP contribution in [0.1, 0.15) is 10.6 Å². The van der Waals surface area contributed by atoms with Crippen molar-refractivity contribution in [2.24, 2.45) is 0 Å². The Balaban J connectivity index is 2.37. The van der Waals surface area contributed by atoms with Crippen molar-refractivity contribution in [1.82, 2.24) is 0 Å². The molecule has 0 unspecified atom stereocenters. The molecule has 0 aliphatic rings. The van der Waals surface area contributed by atoms with E-state index in [1.807, 2.05) is 6.07 Å². The summed E-state index contributed by atoms with van der Waals surface area (Å²) in [5.74, 6) is -0.238. The molecular formula is C17H13ClO5. The van der Waals surface area contributed by atoms with Crippen LogP contribution in [-0.4, -0.2) is 25.3 Å². The van der Waals surface area contributed by atoms with Gasteiger partial charge in [-0.2, -0.15) is 0 Å². The quantitative estimate of drug-likeness (QED) is 0.763. The fourth-order valence-electron chi connectivity index (χ4n) is 2.55. The lowest BCUT2D eigenvalue weighted by molar-refractivity contribution is 0.0665. The number of methoxy groups -OCH3 is 2. The van der Waals surface area contributed by atoms with E-state index in [4.69, 9.17) is 30.6 Å². The van der Waals surface area contributed by atoms with E-state index in [2.05, 4.69) is 0 Å². The lowest BCUT2D eigenvalue weighted by Gasteiger charge is -2.15. The van der Waals surface area contributed by atoms with Crippen molar-refractivity contribution in [3.63, 3.8) is 0 Å². The Morgan fingerprint density at radius 3 is 2.61 bits per heavy atom. The van der Waals surface area contributed by atoms with E-state index < -0.39 is 5.97 Å². The second kappa shape index (κ2) is 5.85. The Kier molecular flexibility index (Phi) is 3.88. The second-order valence-corrected chi connectivity index (χ2v) is 5.20. The minimum absolute atomic E-state index is 0.132. The molecule has 0 spiro atoms. The molecule has 0 radical (unpaired) electrons. The molecule has 6 heteroatoms. The van der Waals surface area contributed by atoms with E-state index >= 15 is 0 Å². The summed E-state index contributed by atoms with van der Waals surface area (Å²) in [6.45, 7) is 0. The van der Waals surface area contributed by atoms with Gasteiger partial charge >= 0.3 is 5.97 Å². The number of fused-ring (bicyclic) bond motifs is 1. The summed E-state index contributed by atoms with van der Waals surface area (Å²) in [7, 11) is 3.06. The van der Waals surface area contributed by atoms with E-state index in [-0.39, 0.29) is 5.76 Å². The number of carboxylic acid groups (broad SMARTS) is 1. The minimum atomic E-state index is -1.13. The van der Waals surface area contributed by atoms with Crippen LogP contribution in [-0.2, 0) is 0 Å². The summed E-state index contributed by atoms with van der Waals surface area (Å²) in [5.41, 5.74) is 1.82. The number of carbonyl (C=O) groups is 1. The van der Waals surface area contributed by atoms with Gasteiger partial charge in [-0.25, -0.2) is 4.79 Å². The first-order chi connectivity index (χ1) is 11.1. The average Bonchev–Trinajstić information content (AvgIpc) is 2.99. The monoisotopic (exact) mass is 332 g/mol. The van der Waals surface area contributed by atoms with E-state index in [9.17, 15) is 4.79 Å². The number of halogens is 1. The number of carboxylic acids is 1. The Morgan fingerprint density at radius 2 is 1.96 bits per heavy atom. The largest absolute Gasteiger partial charge is 0.496 e. The maximum absolute atomic E-state index is 11.2. The van der Waals surface area contributed by atoms with Crippen LogP contribution in [0.3, 0.4) is 0 Å². The molecule has 5 nitrogen and oxygen atoms in total. The van der Waals surface area contributed by atoms with Gasteiger partial charge in [0, 0.05) is 10.9 Å². The fraction of sp³-hybridized carbons (Fsp3) is 0.118. The van der Waals surface area contributed by atoms with Gasteiger partial charge in [0.1, 0.15) is 17.1 Å². The van der Waals surface area contributed by atoms with Crippen LogP contribution in [0.25, 0.3) is 22.1 Å². The highest BCUT2D eigenvalue weighted by Gasteiger charge is 2.20. The number of hydrogen-bond acceptors (Lipinski definition) is 4. The van der Waals surface area contributed by atoms with Gasteiger partial charge in [-0.05, 0) is 24.3 Å². The maximum Gasteiger partial charge on any atom is 0.371 e. The molecular weight excluding hydrogens is 320 g/mol. The van der Waals surface area contributed by atoms with Crippen molar-refractivity contribution < 1.29 is 23.8 Å². The zero-order chi connectivity index (χ0) is 16.6. The van der Waals surface area contributed by atoms with Crippen LogP contribution in [0.2, 0.25) is 5.02 Å². The highest BCUT2D eigenvalue weighted by atomic mass is 35.5. The molecule has 3 rings (SSSR count). The van der Waals surface area contributed by atoms with Crippen LogP contribution in [0.4, 0.5) is 0 Å². The predicted molar refractivity (Wildman–Crippen MR) is 86.7 cm³/mol. The second-order valence-electron chi connectivity index (χ2n) is 4.79. The number of benzene rings is 2. The first kappa shape index (κ1) is 15.2. The molecule has 2 aromatic carbocycles. The van der Waals surface area contributed by atoms with Crippen molar-refractivity contribution >= 4 is 28.5 Å². The third kappa shape index (κ3) is 2.49. The predicted octanol–water partition coefficient (Wildman–Crippen LogP) is 4.47. The zero-order valence-electron chi connectivity index (χ0n) is 12.4. The topological polar surface area (TPSA) is 68.9 Å². The molecule has 0 bridgehead atoms. The van der Waals surface area contributed by atoms with Crippen molar-refractivity contribution in [2.45, 2.75) is 0 Å². The van der Waals surface area contributed by atoms with Crippen LogP contribution < -0.4 is 9.47 Å². The van der Waals surface area contributed by atoms with Crippen LogP contribution in [0.5, 0.6) is 11.5 Å². The average molecular weight is 333 g/mol. The highest BCUT2D eigenvalue weighted by Crippen LogP contribution is 2.45. The van der Waals surface area contributed by atoms with E-state index in [1.54, 1.807) is 31.4 Å². The van der Waals surface area contributed by atoms with Crippen LogP contribution in [0.15, 0.2) is 40.8 Å². The molecule has 118 valence electrons. The van der Waals surface area contributed by atoms with Gasteiger partial charge in [0.25, 0.3) is 0 Å². The minimum Gasteiger partial charge on any atom is -0.496 e. The fourth-order valence-corrected chi connectivity index (χ4v) is 2.78. The van der Waals surface area contributed by atoms with Gasteiger partial charge < -0.3 is 19.0 Å². The van der Waals surface area contributed by atoms with Gasteiger partial charge in [0.15, 0.2) is 0 Å². The molecule has 0 fully saturated rings. The summed E-state index contributed by atoms with van der Waals surface area (Å²) in [6, 6.07) is 10.2. The lowest BCUT2D eigenvalue weighted by Crippen LogP contribution is -1.94. The molecule has 0 aliphatic heterocycles. The number of ether oxygens (including phenoxy) is 2. The molecule has 0 saturated carbocycles. The molecule has 0 saturated heterocycles. The standard InChI is InChI=1S/C17H13ClO5/c1-21-13-7-6-11(18)16(22-2)15(13)9-4-3-5-12-10(9)8-14(23-12)17(19)20/h3-8H,1-2H3,(H,19,20). The summed E-state index contributed by atoms with van der Waals surface area (Å²) >= 11 is 6.22. The Morgan fingerprint density at radius 1 is 1.17 bits per heavy atom. The van der Waals surface area contributed by atoms with E-state index in [0.29, 0.717) is 33.1 Å². The smallest absolute Gasteiger partial charge is 0.371 e. The number of furan rings is 1. The Hall–Kier alpha value is -2.66. The van der Waals surface area contributed by atoms with Gasteiger partial charge in [-0.3, -0.25) is 0 Å². The lowest BCUT2D eigenvalue weighted by atomic mass is 9.99. The SMILES string of the molecule is COc1ccc(Cl)c(OC)c1-c1cccc2oc(C(=O)O)cc12. The molecule has 0 amide bonds. The van der Waals surface area contributed by atoms with Crippen LogP contribution in [0, 0.1) is 0 Å². The normalized spacial score (nSPS) is 10.7. The summed E-state index contributed by atoms with van der Waals surface area (Å²) in [6.07, 6.45) is 0. The molecule has 0 aliphatic carbocycles. The van der Waals surface area contributed by atoms with E-state index in [0.717, 1.165) is 5.56 Å². The molecule has 1 N–H and O–H groups in total. The molecule has 3 aromatic rings. The molecule has 0 atom stereocenters. The summed E-state index contributed by atoms with van der Waals surface area (Å²) in [4.78, 5) is 11.2. The third-order valence-corrected chi connectivity index (χ3v) is 3.83. The van der Waals surface area contributed by atoms with Gasteiger partial charge in [-0.15, -0.1) is 0 Å². The van der Waals surface area contributed by atoms with Gasteiger partial charge in [0.05, 0.1) is 24.8 Å². The van der Waals surface area contributed by atoms with Crippen molar-refractivity contribution in [1.29, 1.82) is 0 Å². The first-order valence-corrected chi connectivity index (χ1v) is 7.11. The Bertz CT molecular complexity index is 897. The number of aromatic carboxylic acids is 1. The van der Waals surface area contributed by atoms with Crippen molar-refractivity contribution in [3.8, 4) is 22.6 Å². The van der Waals surface area contributed by atoms with Gasteiger partial charge in [0.2, 0.25) is 5.76 Å². The maximum atomic E-state index is 11.2.